The number of carbonyl (C=O) groups excluding carboxylic acids is 1. The largest absolute Gasteiger partial charge is 0.326 e. The van der Waals surface area contributed by atoms with Gasteiger partial charge in [-0.25, -0.2) is 0 Å². The fraction of sp³-hybridized carbons (Fsp3) is 0.500. The minimum absolute atomic E-state index is 0.0706. The summed E-state index contributed by atoms with van der Waals surface area (Å²) in [5.74, 6) is 0.173. The Kier molecular flexibility index (Phi) is 6.27. The molecule has 0 aromatic heterocycles. The SMILES string of the molecule is CCC(C)C(=O)Nc1cccc(CCCBr)c1. The quantitative estimate of drug-likeness (QED) is 0.790. The van der Waals surface area contributed by atoms with Crippen LogP contribution < -0.4 is 5.32 Å². The first kappa shape index (κ1) is 14.2. The number of halogens is 1. The number of anilines is 1. The molecule has 1 aromatic rings. The highest BCUT2D eigenvalue weighted by Crippen LogP contribution is 2.14. The Bertz CT molecular complexity index is 365. The van der Waals surface area contributed by atoms with E-state index in [1.807, 2.05) is 26.0 Å². The van der Waals surface area contributed by atoms with Crippen LogP contribution in [0.3, 0.4) is 0 Å². The van der Waals surface area contributed by atoms with E-state index >= 15 is 0 Å². The average molecular weight is 298 g/mol. The van der Waals surface area contributed by atoms with Gasteiger partial charge < -0.3 is 5.32 Å². The van der Waals surface area contributed by atoms with E-state index in [9.17, 15) is 4.79 Å². The molecular formula is C14H20BrNO. The van der Waals surface area contributed by atoms with Crippen LogP contribution in [0.25, 0.3) is 0 Å². The van der Waals surface area contributed by atoms with Crippen molar-refractivity contribution in [1.29, 1.82) is 0 Å². The van der Waals surface area contributed by atoms with Crippen LogP contribution in [-0.2, 0) is 11.2 Å². The fourth-order valence-electron chi connectivity index (χ4n) is 1.53. The van der Waals surface area contributed by atoms with Crippen LogP contribution in [0.5, 0.6) is 0 Å². The van der Waals surface area contributed by atoms with E-state index in [2.05, 4.69) is 33.4 Å². The molecule has 1 atom stereocenters. The molecule has 1 unspecified atom stereocenters. The average Bonchev–Trinajstić information content (AvgIpc) is 2.35. The summed E-state index contributed by atoms with van der Waals surface area (Å²) in [6.07, 6.45) is 3.02. The fourth-order valence-corrected chi connectivity index (χ4v) is 1.81. The second kappa shape index (κ2) is 7.49. The Hall–Kier alpha value is -0.830. The van der Waals surface area contributed by atoms with E-state index in [1.165, 1.54) is 5.56 Å². The maximum absolute atomic E-state index is 11.8. The van der Waals surface area contributed by atoms with E-state index in [1.54, 1.807) is 0 Å². The first-order valence-corrected chi connectivity index (χ1v) is 7.25. The van der Waals surface area contributed by atoms with E-state index in [4.69, 9.17) is 0 Å². The summed E-state index contributed by atoms with van der Waals surface area (Å²) in [5.41, 5.74) is 2.17. The van der Waals surface area contributed by atoms with Crippen molar-refractivity contribution in [3.8, 4) is 0 Å². The Labute approximate surface area is 112 Å². The molecule has 0 saturated heterocycles. The molecule has 0 aliphatic carbocycles. The van der Waals surface area contributed by atoms with Crippen molar-refractivity contribution < 1.29 is 4.79 Å². The summed E-state index contributed by atoms with van der Waals surface area (Å²) >= 11 is 3.42. The third kappa shape index (κ3) is 4.90. The molecule has 0 spiro atoms. The van der Waals surface area contributed by atoms with Crippen molar-refractivity contribution in [1.82, 2.24) is 0 Å². The molecule has 1 rings (SSSR count). The number of nitrogens with one attached hydrogen (secondary N) is 1. The number of aryl methyl sites for hydroxylation is 1. The van der Waals surface area contributed by atoms with Crippen LogP contribution in [0.15, 0.2) is 24.3 Å². The van der Waals surface area contributed by atoms with Gasteiger partial charge in [0.25, 0.3) is 0 Å². The lowest BCUT2D eigenvalue weighted by Crippen LogP contribution is -2.19. The van der Waals surface area contributed by atoms with Crippen LogP contribution in [0.2, 0.25) is 0 Å². The summed E-state index contributed by atoms with van der Waals surface area (Å²) < 4.78 is 0. The van der Waals surface area contributed by atoms with Crippen LogP contribution in [0.4, 0.5) is 5.69 Å². The zero-order valence-corrected chi connectivity index (χ0v) is 12.1. The molecule has 0 aliphatic rings. The minimum atomic E-state index is 0.0706. The summed E-state index contributed by atoms with van der Waals surface area (Å²) in [5, 5.41) is 3.97. The minimum Gasteiger partial charge on any atom is -0.326 e. The zero-order valence-electron chi connectivity index (χ0n) is 10.5. The van der Waals surface area contributed by atoms with Gasteiger partial charge in [0.2, 0.25) is 5.91 Å². The highest BCUT2D eigenvalue weighted by molar-refractivity contribution is 9.09. The van der Waals surface area contributed by atoms with E-state index < -0.39 is 0 Å². The van der Waals surface area contributed by atoms with Gasteiger partial charge in [0.15, 0.2) is 0 Å². The molecule has 0 aliphatic heterocycles. The molecule has 0 saturated carbocycles. The predicted octanol–water partition coefficient (Wildman–Crippen LogP) is 4.00. The molecule has 0 heterocycles. The van der Waals surface area contributed by atoms with Crippen LogP contribution in [0.1, 0.15) is 32.3 Å². The molecule has 0 radical (unpaired) electrons. The molecule has 94 valence electrons. The van der Waals surface area contributed by atoms with Gasteiger partial charge in [0.1, 0.15) is 0 Å². The Morgan fingerprint density at radius 1 is 1.47 bits per heavy atom. The number of carbonyl (C=O) groups is 1. The highest BCUT2D eigenvalue weighted by Gasteiger charge is 2.10. The lowest BCUT2D eigenvalue weighted by Gasteiger charge is -2.11. The third-order valence-corrected chi connectivity index (χ3v) is 3.41. The smallest absolute Gasteiger partial charge is 0.227 e. The van der Waals surface area contributed by atoms with Gasteiger partial charge >= 0.3 is 0 Å². The maximum atomic E-state index is 11.8. The van der Waals surface area contributed by atoms with Gasteiger partial charge in [-0.15, -0.1) is 0 Å². The summed E-state index contributed by atoms with van der Waals surface area (Å²) in [7, 11) is 0. The molecule has 1 N–H and O–H groups in total. The van der Waals surface area contributed by atoms with Gasteiger partial charge in [-0.3, -0.25) is 4.79 Å². The second-order valence-electron chi connectivity index (χ2n) is 4.29. The number of amides is 1. The van der Waals surface area contributed by atoms with Crippen LogP contribution in [0, 0.1) is 5.92 Å². The van der Waals surface area contributed by atoms with Crippen molar-refractivity contribution in [2.24, 2.45) is 5.92 Å². The first-order chi connectivity index (χ1) is 8.17. The van der Waals surface area contributed by atoms with Crippen molar-refractivity contribution in [2.45, 2.75) is 33.1 Å². The van der Waals surface area contributed by atoms with Crippen LogP contribution in [-0.4, -0.2) is 11.2 Å². The normalized spacial score (nSPS) is 12.2. The molecule has 1 amide bonds. The number of hydrogen-bond donors (Lipinski definition) is 1. The molecule has 0 fully saturated rings. The Balaban J connectivity index is 2.62. The zero-order chi connectivity index (χ0) is 12.7. The molecule has 3 heteroatoms. The molecule has 0 bridgehead atoms. The standard InChI is InChI=1S/C14H20BrNO/c1-3-11(2)14(17)16-13-8-4-6-12(10-13)7-5-9-15/h4,6,8,10-11H,3,5,7,9H2,1-2H3,(H,16,17). The van der Waals surface area contributed by atoms with Crippen LogP contribution >= 0.6 is 15.9 Å². The van der Waals surface area contributed by atoms with Gasteiger partial charge in [0, 0.05) is 16.9 Å². The third-order valence-electron chi connectivity index (χ3n) is 2.85. The summed E-state index contributed by atoms with van der Waals surface area (Å²) in [6, 6.07) is 8.10. The Morgan fingerprint density at radius 2 is 2.24 bits per heavy atom. The number of alkyl halides is 1. The van der Waals surface area contributed by atoms with E-state index in [0.29, 0.717) is 0 Å². The lowest BCUT2D eigenvalue weighted by atomic mass is 10.1. The van der Waals surface area contributed by atoms with E-state index in [-0.39, 0.29) is 11.8 Å². The van der Waals surface area contributed by atoms with Gasteiger partial charge in [-0.1, -0.05) is 41.9 Å². The summed E-state index contributed by atoms with van der Waals surface area (Å²) in [6.45, 7) is 3.97. The lowest BCUT2D eigenvalue weighted by molar-refractivity contribution is -0.119. The van der Waals surface area contributed by atoms with E-state index in [0.717, 1.165) is 30.3 Å². The summed E-state index contributed by atoms with van der Waals surface area (Å²) in [4.78, 5) is 11.8. The van der Waals surface area contributed by atoms with Crippen molar-refractivity contribution in [3.05, 3.63) is 29.8 Å². The monoisotopic (exact) mass is 297 g/mol. The topological polar surface area (TPSA) is 29.1 Å². The number of benzene rings is 1. The number of hydrogen-bond acceptors (Lipinski definition) is 1. The van der Waals surface area contributed by atoms with Crippen molar-refractivity contribution in [3.63, 3.8) is 0 Å². The molecule has 2 nitrogen and oxygen atoms in total. The van der Waals surface area contributed by atoms with Crippen molar-refractivity contribution in [2.75, 3.05) is 10.6 Å². The molecule has 1 aromatic carbocycles. The van der Waals surface area contributed by atoms with Gasteiger partial charge in [-0.2, -0.15) is 0 Å². The number of rotatable bonds is 6. The maximum Gasteiger partial charge on any atom is 0.227 e. The van der Waals surface area contributed by atoms with Gasteiger partial charge in [-0.05, 0) is 37.0 Å². The molecule has 17 heavy (non-hydrogen) atoms. The van der Waals surface area contributed by atoms with Gasteiger partial charge in [0.05, 0.1) is 0 Å². The second-order valence-corrected chi connectivity index (χ2v) is 5.08. The molecular weight excluding hydrogens is 278 g/mol. The Morgan fingerprint density at radius 3 is 2.88 bits per heavy atom. The predicted molar refractivity (Wildman–Crippen MR) is 76.6 cm³/mol. The first-order valence-electron chi connectivity index (χ1n) is 6.13. The highest BCUT2D eigenvalue weighted by atomic mass is 79.9. The van der Waals surface area contributed by atoms with Crippen molar-refractivity contribution >= 4 is 27.5 Å².